The van der Waals surface area contributed by atoms with Crippen molar-refractivity contribution in [3.05, 3.63) is 0 Å². The van der Waals surface area contributed by atoms with E-state index in [0.29, 0.717) is 49.6 Å². The maximum atomic E-state index is 12.2. The molecule has 0 bridgehead atoms. The van der Waals surface area contributed by atoms with Gasteiger partial charge in [0.05, 0.1) is 0 Å². The number of ether oxygens (including phenoxy) is 1. The van der Waals surface area contributed by atoms with E-state index >= 15 is 0 Å². The Labute approximate surface area is 208 Å². The summed E-state index contributed by atoms with van der Waals surface area (Å²) in [5.41, 5.74) is -0.0845. The van der Waals surface area contributed by atoms with Crippen molar-refractivity contribution in [1.29, 1.82) is 0 Å². The highest BCUT2D eigenvalue weighted by Crippen LogP contribution is 2.27. The van der Waals surface area contributed by atoms with E-state index in [0.717, 1.165) is 32.2 Å². The normalized spacial score (nSPS) is 14.4. The molecule has 3 atom stereocenters. The van der Waals surface area contributed by atoms with Gasteiger partial charge in [0.2, 0.25) is 11.8 Å². The molecule has 7 heteroatoms. The van der Waals surface area contributed by atoms with Crippen LogP contribution >= 0.6 is 0 Å². The second kappa shape index (κ2) is 16.8. The third-order valence-corrected chi connectivity index (χ3v) is 5.80. The predicted octanol–water partition coefficient (Wildman–Crippen LogP) is 5.28. The second-order valence-corrected chi connectivity index (χ2v) is 11.9. The lowest BCUT2D eigenvalue weighted by atomic mass is 9.81. The zero-order chi connectivity index (χ0) is 26.3. The number of carbonyl (C=O) groups excluding carboxylic acids is 3. The number of hydrogen-bond donors (Lipinski definition) is 3. The van der Waals surface area contributed by atoms with Crippen LogP contribution < -0.4 is 16.0 Å². The smallest absolute Gasteiger partial charge is 0.407 e. The molecule has 200 valence electrons. The van der Waals surface area contributed by atoms with Crippen LogP contribution in [0.15, 0.2) is 0 Å². The summed E-state index contributed by atoms with van der Waals surface area (Å²) in [5, 5.41) is 8.84. The molecule has 0 aliphatic rings. The summed E-state index contributed by atoms with van der Waals surface area (Å²) < 4.78 is 5.51. The van der Waals surface area contributed by atoms with Crippen molar-refractivity contribution < 1.29 is 19.1 Å². The third kappa shape index (κ3) is 18.6. The first-order valence-electron chi connectivity index (χ1n) is 13.2. The van der Waals surface area contributed by atoms with Gasteiger partial charge in [-0.25, -0.2) is 4.79 Å². The Morgan fingerprint density at radius 2 is 1.35 bits per heavy atom. The van der Waals surface area contributed by atoms with Crippen LogP contribution in [0.4, 0.5) is 4.79 Å². The van der Waals surface area contributed by atoms with Crippen molar-refractivity contribution in [3.8, 4) is 0 Å². The molecule has 0 radical (unpaired) electrons. The van der Waals surface area contributed by atoms with E-state index in [1.54, 1.807) is 0 Å². The Kier molecular flexibility index (Phi) is 15.9. The highest BCUT2D eigenvalue weighted by Gasteiger charge is 2.23. The van der Waals surface area contributed by atoms with Crippen LogP contribution in [-0.4, -0.2) is 43.6 Å². The van der Waals surface area contributed by atoms with Crippen molar-refractivity contribution in [2.45, 2.75) is 107 Å². The average Bonchev–Trinajstić information content (AvgIpc) is 2.71. The minimum atomic E-state index is -0.390. The van der Waals surface area contributed by atoms with Gasteiger partial charge in [0.15, 0.2) is 0 Å². The summed E-state index contributed by atoms with van der Waals surface area (Å²) in [6.45, 7) is 20.5. The molecule has 0 saturated carbocycles. The van der Waals surface area contributed by atoms with Crippen LogP contribution in [0.5, 0.6) is 0 Å². The first-order valence-corrected chi connectivity index (χ1v) is 13.2. The molecule has 0 aromatic rings. The quantitative estimate of drug-likeness (QED) is 0.262. The molecule has 3 amide bonds. The fourth-order valence-corrected chi connectivity index (χ4v) is 3.85. The van der Waals surface area contributed by atoms with Gasteiger partial charge < -0.3 is 20.7 Å². The molecule has 0 aromatic carbocycles. The molecule has 0 heterocycles. The van der Waals surface area contributed by atoms with Crippen LogP contribution in [0.1, 0.15) is 101 Å². The van der Waals surface area contributed by atoms with Crippen LogP contribution in [0.2, 0.25) is 0 Å². The molecule has 0 saturated heterocycles. The number of alkyl carbamates (subject to hydrolysis) is 1. The maximum absolute atomic E-state index is 12.2. The van der Waals surface area contributed by atoms with E-state index in [1.807, 2.05) is 20.8 Å². The van der Waals surface area contributed by atoms with Crippen LogP contribution in [0.3, 0.4) is 0 Å². The Morgan fingerprint density at radius 1 is 0.735 bits per heavy atom. The largest absolute Gasteiger partial charge is 0.447 e. The first kappa shape index (κ1) is 32.2. The number of hydrogen-bond acceptors (Lipinski definition) is 4. The monoisotopic (exact) mass is 483 g/mol. The van der Waals surface area contributed by atoms with Gasteiger partial charge in [-0.3, -0.25) is 9.59 Å². The molecule has 0 rings (SSSR count). The average molecular weight is 484 g/mol. The molecule has 0 aromatic heterocycles. The van der Waals surface area contributed by atoms with Crippen molar-refractivity contribution in [3.63, 3.8) is 0 Å². The standard InChI is InChI=1S/C27H53N3O4/c1-19(2)14-25(32)29-17-22(6)10-12-23(7)34-26(33)30-18-27(8,9)15-21(5)11-13-24(31)28-16-20(3)4/h19-23H,10-18H2,1-9H3,(H,28,31)(H,29,32)(H,30,33). The topological polar surface area (TPSA) is 96.5 Å². The Balaban J connectivity index is 4.13. The van der Waals surface area contributed by atoms with Crippen LogP contribution in [-0.2, 0) is 14.3 Å². The van der Waals surface area contributed by atoms with Gasteiger partial charge in [-0.2, -0.15) is 0 Å². The molecular formula is C27H53N3O4. The molecule has 0 aliphatic carbocycles. The van der Waals surface area contributed by atoms with E-state index in [2.05, 4.69) is 57.5 Å². The van der Waals surface area contributed by atoms with E-state index < -0.39 is 0 Å². The SMILES string of the molecule is CC(C)CNC(=O)CCC(C)CC(C)(C)CNC(=O)OC(C)CCC(C)CNC(=O)CC(C)C. The van der Waals surface area contributed by atoms with Crippen molar-refractivity contribution in [1.82, 2.24) is 16.0 Å². The summed E-state index contributed by atoms with van der Waals surface area (Å²) in [7, 11) is 0. The summed E-state index contributed by atoms with van der Waals surface area (Å²) in [6, 6.07) is 0. The van der Waals surface area contributed by atoms with Gasteiger partial charge in [-0.15, -0.1) is 0 Å². The second-order valence-electron chi connectivity index (χ2n) is 11.9. The first-order chi connectivity index (χ1) is 15.7. The number of rotatable bonds is 17. The van der Waals surface area contributed by atoms with Gasteiger partial charge in [-0.05, 0) is 61.7 Å². The molecular weight excluding hydrogens is 430 g/mol. The Bertz CT molecular complexity index is 605. The van der Waals surface area contributed by atoms with Gasteiger partial charge in [-0.1, -0.05) is 55.4 Å². The fraction of sp³-hybridized carbons (Fsp3) is 0.889. The van der Waals surface area contributed by atoms with E-state index in [9.17, 15) is 14.4 Å². The highest BCUT2D eigenvalue weighted by molar-refractivity contribution is 5.76. The van der Waals surface area contributed by atoms with Crippen LogP contribution in [0, 0.1) is 29.1 Å². The molecule has 34 heavy (non-hydrogen) atoms. The lowest BCUT2D eigenvalue weighted by molar-refractivity contribution is -0.122. The van der Waals surface area contributed by atoms with Crippen LogP contribution in [0.25, 0.3) is 0 Å². The van der Waals surface area contributed by atoms with Gasteiger partial charge >= 0.3 is 6.09 Å². The van der Waals surface area contributed by atoms with Crippen molar-refractivity contribution >= 4 is 17.9 Å². The maximum Gasteiger partial charge on any atom is 0.407 e. The Hall–Kier alpha value is -1.79. The minimum absolute atomic E-state index is 0.0845. The highest BCUT2D eigenvalue weighted by atomic mass is 16.6. The third-order valence-electron chi connectivity index (χ3n) is 5.80. The van der Waals surface area contributed by atoms with Gasteiger partial charge in [0.1, 0.15) is 6.10 Å². The molecule has 7 nitrogen and oxygen atoms in total. The number of amides is 3. The van der Waals surface area contributed by atoms with E-state index in [4.69, 9.17) is 4.74 Å². The van der Waals surface area contributed by atoms with Gasteiger partial charge in [0.25, 0.3) is 0 Å². The molecule has 3 unspecified atom stereocenters. The molecule has 0 spiro atoms. The molecule has 3 N–H and O–H groups in total. The van der Waals surface area contributed by atoms with Crippen molar-refractivity contribution in [2.75, 3.05) is 19.6 Å². The summed E-state index contributed by atoms with van der Waals surface area (Å²) >= 11 is 0. The molecule has 0 aliphatic heterocycles. The zero-order valence-electron chi connectivity index (χ0n) is 23.4. The van der Waals surface area contributed by atoms with E-state index in [-0.39, 0.29) is 29.4 Å². The van der Waals surface area contributed by atoms with Crippen molar-refractivity contribution in [2.24, 2.45) is 29.1 Å². The van der Waals surface area contributed by atoms with E-state index in [1.165, 1.54) is 0 Å². The lowest BCUT2D eigenvalue weighted by Gasteiger charge is -2.28. The minimum Gasteiger partial charge on any atom is -0.447 e. The predicted molar refractivity (Wildman–Crippen MR) is 139 cm³/mol. The molecule has 0 fully saturated rings. The fourth-order valence-electron chi connectivity index (χ4n) is 3.85. The zero-order valence-corrected chi connectivity index (χ0v) is 23.4. The lowest BCUT2D eigenvalue weighted by Crippen LogP contribution is -2.37. The van der Waals surface area contributed by atoms with Gasteiger partial charge in [0, 0.05) is 32.5 Å². The summed E-state index contributed by atoms with van der Waals surface area (Å²) in [6.07, 6.45) is 3.91. The number of carbonyl (C=O) groups is 3. The summed E-state index contributed by atoms with van der Waals surface area (Å²) in [4.78, 5) is 35.9. The summed E-state index contributed by atoms with van der Waals surface area (Å²) in [5.74, 6) is 1.74. The number of nitrogens with one attached hydrogen (secondary N) is 3. The Morgan fingerprint density at radius 3 is 1.94 bits per heavy atom.